The molecule has 0 aromatic carbocycles. The Labute approximate surface area is 101 Å². The predicted octanol–water partition coefficient (Wildman–Crippen LogP) is -0.103. The monoisotopic (exact) mass is 256 g/mol. The zero-order chi connectivity index (χ0) is 12.5. The van der Waals surface area contributed by atoms with Gasteiger partial charge in [-0.05, 0) is 19.8 Å². The summed E-state index contributed by atoms with van der Waals surface area (Å²) in [6.07, 6.45) is 4.53. The quantitative estimate of drug-likeness (QED) is 0.798. The first-order valence-electron chi connectivity index (χ1n) is 5.55. The first-order valence-corrected chi connectivity index (χ1v) is 6.99. The Balaban J connectivity index is 2.33. The highest BCUT2D eigenvalue weighted by molar-refractivity contribution is 7.89. The molecule has 7 heteroatoms. The lowest BCUT2D eigenvalue weighted by Crippen LogP contribution is -2.46. The van der Waals surface area contributed by atoms with E-state index in [9.17, 15) is 8.42 Å². The maximum absolute atomic E-state index is 12.3. The minimum absolute atomic E-state index is 0.0362. The van der Waals surface area contributed by atoms with Gasteiger partial charge in [0.25, 0.3) is 10.0 Å². The number of rotatable bonds is 2. The molecule has 2 rings (SSSR count). The minimum Gasteiger partial charge on any atom is -0.327 e. The predicted molar refractivity (Wildman–Crippen MR) is 62.7 cm³/mol. The fourth-order valence-corrected chi connectivity index (χ4v) is 3.58. The van der Waals surface area contributed by atoms with Gasteiger partial charge in [0.1, 0.15) is 0 Å². The largest absolute Gasteiger partial charge is 0.327 e. The Bertz CT molecular complexity index is 503. The molecule has 0 amide bonds. The van der Waals surface area contributed by atoms with Gasteiger partial charge in [-0.1, -0.05) is 0 Å². The van der Waals surface area contributed by atoms with E-state index in [4.69, 9.17) is 5.73 Å². The maximum atomic E-state index is 12.3. The van der Waals surface area contributed by atoms with Gasteiger partial charge < -0.3 is 5.73 Å². The van der Waals surface area contributed by atoms with Gasteiger partial charge in [0.15, 0.2) is 5.03 Å². The second kappa shape index (κ2) is 4.67. The Morgan fingerprint density at radius 3 is 2.76 bits per heavy atom. The van der Waals surface area contributed by atoms with Crippen LogP contribution in [0, 0.1) is 6.92 Å². The van der Waals surface area contributed by atoms with E-state index in [1.165, 1.54) is 16.7 Å². The van der Waals surface area contributed by atoms with E-state index in [1.54, 1.807) is 6.92 Å². The number of hydrogen-bond donors (Lipinski definition) is 1. The highest BCUT2D eigenvalue weighted by Gasteiger charge is 2.31. The van der Waals surface area contributed by atoms with E-state index < -0.39 is 10.0 Å². The lowest BCUT2D eigenvalue weighted by molar-refractivity contribution is 0.315. The molecule has 2 heterocycles. The highest BCUT2D eigenvalue weighted by atomic mass is 32.2. The highest BCUT2D eigenvalue weighted by Crippen LogP contribution is 2.19. The molecule has 2 N–H and O–H groups in total. The van der Waals surface area contributed by atoms with Crippen LogP contribution in [0.4, 0.5) is 0 Å². The average Bonchev–Trinajstić information content (AvgIpc) is 2.29. The number of aromatic nitrogens is 2. The lowest BCUT2D eigenvalue weighted by atomic mass is 10.1. The van der Waals surface area contributed by atoms with Crippen molar-refractivity contribution in [1.29, 1.82) is 0 Å². The van der Waals surface area contributed by atoms with E-state index in [0.717, 1.165) is 12.8 Å². The molecule has 6 nitrogen and oxygen atoms in total. The molecule has 0 aliphatic carbocycles. The fraction of sp³-hybridized carbons (Fsp3) is 0.600. The molecule has 1 aliphatic heterocycles. The Morgan fingerprint density at radius 1 is 1.41 bits per heavy atom. The summed E-state index contributed by atoms with van der Waals surface area (Å²) in [6.45, 7) is 2.51. The van der Waals surface area contributed by atoms with Crippen LogP contribution in [0.1, 0.15) is 18.5 Å². The summed E-state index contributed by atoms with van der Waals surface area (Å²) < 4.78 is 26.0. The van der Waals surface area contributed by atoms with Crippen molar-refractivity contribution in [3.05, 3.63) is 18.1 Å². The fourth-order valence-electron chi connectivity index (χ4n) is 1.96. The number of nitrogens with two attached hydrogens (primary N) is 1. The number of hydrogen-bond acceptors (Lipinski definition) is 5. The van der Waals surface area contributed by atoms with E-state index in [1.807, 2.05) is 0 Å². The molecule has 0 radical (unpaired) electrons. The second-order valence-electron chi connectivity index (χ2n) is 4.21. The van der Waals surface area contributed by atoms with Crippen molar-refractivity contribution < 1.29 is 8.42 Å². The Morgan fingerprint density at radius 2 is 2.12 bits per heavy atom. The molecule has 1 unspecified atom stereocenters. The van der Waals surface area contributed by atoms with Crippen molar-refractivity contribution in [3.8, 4) is 0 Å². The van der Waals surface area contributed by atoms with Crippen LogP contribution in [0.5, 0.6) is 0 Å². The number of piperidine rings is 1. The summed E-state index contributed by atoms with van der Waals surface area (Å²) in [6, 6.07) is -0.0875. The summed E-state index contributed by atoms with van der Waals surface area (Å²) in [7, 11) is -3.55. The standard InChI is InChI=1S/C10H16N4O2S/c1-8-10(13-5-4-12-8)17(15,16)14-6-2-3-9(11)7-14/h4-5,9H,2-3,6-7,11H2,1H3. The molecular weight excluding hydrogens is 240 g/mol. The van der Waals surface area contributed by atoms with Crippen molar-refractivity contribution in [2.45, 2.75) is 30.8 Å². The van der Waals surface area contributed by atoms with Gasteiger partial charge in [-0.25, -0.2) is 13.4 Å². The molecule has 1 fully saturated rings. The lowest BCUT2D eigenvalue weighted by Gasteiger charge is -2.29. The summed E-state index contributed by atoms with van der Waals surface area (Å²) in [5.74, 6) is 0. The van der Waals surface area contributed by atoms with Crippen LogP contribution in [-0.4, -0.2) is 41.8 Å². The molecule has 1 saturated heterocycles. The summed E-state index contributed by atoms with van der Waals surface area (Å²) in [5, 5.41) is 0.0362. The third-order valence-corrected chi connectivity index (χ3v) is 4.74. The Hall–Kier alpha value is -1.05. The molecule has 1 aliphatic rings. The number of nitrogens with zero attached hydrogens (tertiary/aromatic N) is 3. The van der Waals surface area contributed by atoms with E-state index >= 15 is 0 Å². The van der Waals surface area contributed by atoms with Gasteiger partial charge in [0.2, 0.25) is 0 Å². The van der Waals surface area contributed by atoms with Crippen molar-refractivity contribution in [2.24, 2.45) is 5.73 Å². The third kappa shape index (κ3) is 2.46. The van der Waals surface area contributed by atoms with Crippen molar-refractivity contribution in [3.63, 3.8) is 0 Å². The van der Waals surface area contributed by atoms with E-state index in [2.05, 4.69) is 9.97 Å². The minimum atomic E-state index is -3.55. The third-order valence-electron chi connectivity index (χ3n) is 2.84. The van der Waals surface area contributed by atoms with Gasteiger partial charge in [-0.2, -0.15) is 4.31 Å². The van der Waals surface area contributed by atoms with Crippen LogP contribution in [0.2, 0.25) is 0 Å². The zero-order valence-corrected chi connectivity index (χ0v) is 10.5. The first-order chi connectivity index (χ1) is 8.01. The number of aryl methyl sites for hydroxylation is 1. The van der Waals surface area contributed by atoms with Crippen LogP contribution in [-0.2, 0) is 10.0 Å². The van der Waals surface area contributed by atoms with Crippen LogP contribution in [0.25, 0.3) is 0 Å². The molecule has 17 heavy (non-hydrogen) atoms. The first kappa shape index (κ1) is 12.4. The molecule has 1 aromatic heterocycles. The molecule has 94 valence electrons. The van der Waals surface area contributed by atoms with E-state index in [-0.39, 0.29) is 11.1 Å². The molecule has 0 saturated carbocycles. The summed E-state index contributed by atoms with van der Waals surface area (Å²) in [5.41, 5.74) is 6.22. The van der Waals surface area contributed by atoms with Gasteiger partial charge in [0.05, 0.1) is 5.69 Å². The van der Waals surface area contributed by atoms with Crippen molar-refractivity contribution in [2.75, 3.05) is 13.1 Å². The maximum Gasteiger partial charge on any atom is 0.262 e. The summed E-state index contributed by atoms with van der Waals surface area (Å²) >= 11 is 0. The van der Waals surface area contributed by atoms with Gasteiger partial charge in [-0.3, -0.25) is 4.98 Å². The van der Waals surface area contributed by atoms with Gasteiger partial charge in [0, 0.05) is 31.5 Å². The second-order valence-corrected chi connectivity index (χ2v) is 6.07. The van der Waals surface area contributed by atoms with Crippen molar-refractivity contribution >= 4 is 10.0 Å². The average molecular weight is 256 g/mol. The molecule has 1 aromatic rings. The van der Waals surface area contributed by atoms with E-state index in [0.29, 0.717) is 18.8 Å². The van der Waals surface area contributed by atoms with Crippen molar-refractivity contribution in [1.82, 2.24) is 14.3 Å². The Kier molecular flexibility index (Phi) is 3.41. The van der Waals surface area contributed by atoms with Gasteiger partial charge >= 0.3 is 0 Å². The van der Waals surface area contributed by atoms with Crippen LogP contribution < -0.4 is 5.73 Å². The topological polar surface area (TPSA) is 89.2 Å². The van der Waals surface area contributed by atoms with Crippen LogP contribution in [0.15, 0.2) is 17.4 Å². The van der Waals surface area contributed by atoms with Gasteiger partial charge in [-0.15, -0.1) is 0 Å². The number of sulfonamides is 1. The molecular formula is C10H16N4O2S. The molecule has 1 atom stereocenters. The molecule has 0 bridgehead atoms. The molecule has 0 spiro atoms. The SMILES string of the molecule is Cc1nccnc1S(=O)(=O)N1CCCC(N)C1. The zero-order valence-electron chi connectivity index (χ0n) is 9.70. The normalized spacial score (nSPS) is 22.6. The van der Waals surface area contributed by atoms with Crippen LogP contribution in [0.3, 0.4) is 0 Å². The smallest absolute Gasteiger partial charge is 0.262 e. The summed E-state index contributed by atoms with van der Waals surface area (Å²) in [4.78, 5) is 7.88. The van der Waals surface area contributed by atoms with Crippen LogP contribution >= 0.6 is 0 Å².